The molecule has 0 aliphatic rings. The fourth-order valence-corrected chi connectivity index (χ4v) is 1.15. The first-order chi connectivity index (χ1) is 6.22. The van der Waals surface area contributed by atoms with Crippen LogP contribution in [0, 0.1) is 3.57 Å². The van der Waals surface area contributed by atoms with Crippen molar-refractivity contribution in [2.75, 3.05) is 0 Å². The summed E-state index contributed by atoms with van der Waals surface area (Å²) in [7, 11) is 0. The molecule has 13 heavy (non-hydrogen) atoms. The summed E-state index contributed by atoms with van der Waals surface area (Å²) in [6.45, 7) is 1.77. The lowest BCUT2D eigenvalue weighted by molar-refractivity contribution is -0.128. The molecule has 0 aromatic heterocycles. The van der Waals surface area contributed by atoms with Gasteiger partial charge in [0.05, 0.1) is 0 Å². The SMILES string of the molecule is C/C=C/C(=O)Oc1ccc(I)cc1. The highest BCUT2D eigenvalue weighted by atomic mass is 127. The Hall–Kier alpha value is -0.840. The first-order valence-corrected chi connectivity index (χ1v) is 4.90. The molecule has 0 spiro atoms. The fraction of sp³-hybridized carbons (Fsp3) is 0.100. The van der Waals surface area contributed by atoms with E-state index in [1.54, 1.807) is 25.1 Å². The third kappa shape index (κ3) is 3.59. The Morgan fingerprint density at radius 3 is 2.54 bits per heavy atom. The monoisotopic (exact) mass is 288 g/mol. The topological polar surface area (TPSA) is 26.3 Å². The number of hydrogen-bond donors (Lipinski definition) is 0. The van der Waals surface area contributed by atoms with Crippen LogP contribution in [0.15, 0.2) is 36.4 Å². The molecule has 0 N–H and O–H groups in total. The van der Waals surface area contributed by atoms with E-state index in [9.17, 15) is 4.79 Å². The maximum atomic E-state index is 11.0. The van der Waals surface area contributed by atoms with Gasteiger partial charge >= 0.3 is 5.97 Å². The van der Waals surface area contributed by atoms with Gasteiger partial charge in [0.15, 0.2) is 0 Å². The number of rotatable bonds is 2. The Kier molecular flexibility index (Phi) is 3.95. The van der Waals surface area contributed by atoms with E-state index in [0.29, 0.717) is 5.75 Å². The van der Waals surface area contributed by atoms with Gasteiger partial charge in [-0.25, -0.2) is 4.79 Å². The molecule has 1 aromatic rings. The van der Waals surface area contributed by atoms with Gasteiger partial charge < -0.3 is 4.74 Å². The van der Waals surface area contributed by atoms with Crippen LogP contribution in [0.5, 0.6) is 5.75 Å². The molecule has 0 heterocycles. The van der Waals surface area contributed by atoms with Crippen molar-refractivity contribution in [3.8, 4) is 5.75 Å². The number of hydrogen-bond acceptors (Lipinski definition) is 2. The standard InChI is InChI=1S/C10H9IO2/c1-2-3-10(12)13-9-6-4-8(11)5-7-9/h2-7H,1H3/b3-2+. The molecule has 0 aliphatic heterocycles. The minimum atomic E-state index is -0.344. The van der Waals surface area contributed by atoms with Crippen molar-refractivity contribution >= 4 is 28.6 Å². The van der Waals surface area contributed by atoms with Gasteiger partial charge in [-0.1, -0.05) is 6.08 Å². The largest absolute Gasteiger partial charge is 0.423 e. The van der Waals surface area contributed by atoms with Gasteiger partial charge in [-0.05, 0) is 53.8 Å². The predicted molar refractivity (Wildman–Crippen MR) is 59.6 cm³/mol. The van der Waals surface area contributed by atoms with Crippen LogP contribution in [-0.4, -0.2) is 5.97 Å². The Morgan fingerprint density at radius 2 is 2.00 bits per heavy atom. The molecule has 0 aliphatic carbocycles. The number of carbonyl (C=O) groups excluding carboxylic acids is 1. The summed E-state index contributed by atoms with van der Waals surface area (Å²) in [4.78, 5) is 11.0. The zero-order valence-electron chi connectivity index (χ0n) is 7.16. The number of benzene rings is 1. The van der Waals surface area contributed by atoms with Crippen LogP contribution in [0.4, 0.5) is 0 Å². The summed E-state index contributed by atoms with van der Waals surface area (Å²) in [5.74, 6) is 0.229. The first-order valence-electron chi connectivity index (χ1n) is 3.82. The molecule has 3 heteroatoms. The van der Waals surface area contributed by atoms with E-state index in [1.165, 1.54) is 6.08 Å². The summed E-state index contributed by atoms with van der Waals surface area (Å²) in [6, 6.07) is 7.31. The Morgan fingerprint density at radius 1 is 1.38 bits per heavy atom. The molecule has 1 rings (SSSR count). The average Bonchev–Trinajstić information content (AvgIpc) is 2.09. The van der Waals surface area contributed by atoms with E-state index in [4.69, 9.17) is 4.74 Å². The van der Waals surface area contributed by atoms with Gasteiger partial charge in [-0.15, -0.1) is 0 Å². The van der Waals surface area contributed by atoms with Crippen LogP contribution in [0.1, 0.15) is 6.92 Å². The minimum Gasteiger partial charge on any atom is -0.423 e. The fourth-order valence-electron chi connectivity index (χ4n) is 0.789. The average molecular weight is 288 g/mol. The summed E-state index contributed by atoms with van der Waals surface area (Å²) in [6.07, 6.45) is 3.03. The molecule has 0 radical (unpaired) electrons. The number of allylic oxidation sites excluding steroid dienone is 1. The highest BCUT2D eigenvalue weighted by Gasteiger charge is 1.98. The minimum absolute atomic E-state index is 0.344. The third-order valence-corrected chi connectivity index (χ3v) is 2.05. The number of ether oxygens (including phenoxy) is 1. The highest BCUT2D eigenvalue weighted by Crippen LogP contribution is 2.13. The lowest BCUT2D eigenvalue weighted by atomic mass is 10.3. The number of halogens is 1. The second-order valence-corrected chi connectivity index (χ2v) is 3.62. The van der Waals surface area contributed by atoms with Crippen molar-refractivity contribution in [3.63, 3.8) is 0 Å². The van der Waals surface area contributed by atoms with E-state index >= 15 is 0 Å². The van der Waals surface area contributed by atoms with Crippen molar-refractivity contribution in [2.45, 2.75) is 6.92 Å². The maximum Gasteiger partial charge on any atom is 0.335 e. The van der Waals surface area contributed by atoms with Crippen LogP contribution < -0.4 is 4.74 Å². The van der Waals surface area contributed by atoms with Crippen molar-refractivity contribution in [3.05, 3.63) is 40.0 Å². The zero-order chi connectivity index (χ0) is 9.68. The molecule has 68 valence electrons. The van der Waals surface area contributed by atoms with Gasteiger partial charge in [0.1, 0.15) is 5.75 Å². The van der Waals surface area contributed by atoms with Crippen molar-refractivity contribution < 1.29 is 9.53 Å². The van der Waals surface area contributed by atoms with E-state index < -0.39 is 0 Å². The maximum absolute atomic E-state index is 11.0. The Labute approximate surface area is 90.7 Å². The molecule has 2 nitrogen and oxygen atoms in total. The lowest BCUT2D eigenvalue weighted by Crippen LogP contribution is -2.03. The van der Waals surface area contributed by atoms with E-state index in [2.05, 4.69) is 22.6 Å². The van der Waals surface area contributed by atoms with Gasteiger partial charge in [0.25, 0.3) is 0 Å². The molecular formula is C10H9IO2. The summed E-state index contributed by atoms with van der Waals surface area (Å²) in [5, 5.41) is 0. The van der Waals surface area contributed by atoms with Crippen molar-refractivity contribution in [1.82, 2.24) is 0 Å². The third-order valence-electron chi connectivity index (χ3n) is 1.33. The first kappa shape index (κ1) is 10.2. The summed E-state index contributed by atoms with van der Waals surface area (Å²) >= 11 is 2.19. The quantitative estimate of drug-likeness (QED) is 0.362. The van der Waals surface area contributed by atoms with Gasteiger partial charge in [-0.3, -0.25) is 0 Å². The van der Waals surface area contributed by atoms with Gasteiger partial charge in [0.2, 0.25) is 0 Å². The van der Waals surface area contributed by atoms with E-state index in [-0.39, 0.29) is 5.97 Å². The van der Waals surface area contributed by atoms with Crippen LogP contribution in [0.3, 0.4) is 0 Å². The lowest BCUT2D eigenvalue weighted by Gasteiger charge is -1.99. The van der Waals surface area contributed by atoms with Crippen LogP contribution in [-0.2, 0) is 4.79 Å². The van der Waals surface area contributed by atoms with Gasteiger partial charge in [0, 0.05) is 9.65 Å². The second kappa shape index (κ2) is 5.01. The molecule has 0 amide bonds. The van der Waals surface area contributed by atoms with Crippen LogP contribution in [0.2, 0.25) is 0 Å². The molecule has 0 bridgehead atoms. The predicted octanol–water partition coefficient (Wildman–Crippen LogP) is 2.77. The van der Waals surface area contributed by atoms with Crippen molar-refractivity contribution in [2.24, 2.45) is 0 Å². The molecule has 0 atom stereocenters. The molecule has 0 unspecified atom stereocenters. The van der Waals surface area contributed by atoms with Crippen molar-refractivity contribution in [1.29, 1.82) is 0 Å². The van der Waals surface area contributed by atoms with E-state index in [1.807, 2.05) is 12.1 Å². The summed E-state index contributed by atoms with van der Waals surface area (Å²) < 4.78 is 6.09. The van der Waals surface area contributed by atoms with Gasteiger partial charge in [-0.2, -0.15) is 0 Å². The smallest absolute Gasteiger partial charge is 0.335 e. The molecule has 0 saturated carbocycles. The molecular weight excluding hydrogens is 279 g/mol. The molecule has 0 saturated heterocycles. The van der Waals surface area contributed by atoms with Crippen LogP contribution >= 0.6 is 22.6 Å². The number of carbonyl (C=O) groups is 1. The molecule has 0 fully saturated rings. The van der Waals surface area contributed by atoms with E-state index in [0.717, 1.165) is 3.57 Å². The Bertz CT molecular complexity index is 314. The Balaban J connectivity index is 2.64. The second-order valence-electron chi connectivity index (χ2n) is 2.38. The summed E-state index contributed by atoms with van der Waals surface area (Å²) in [5.41, 5.74) is 0. The zero-order valence-corrected chi connectivity index (χ0v) is 9.32. The highest BCUT2D eigenvalue weighted by molar-refractivity contribution is 14.1. The molecule has 1 aromatic carbocycles. The number of esters is 1. The van der Waals surface area contributed by atoms with Crippen LogP contribution in [0.25, 0.3) is 0 Å². The normalized spacial score (nSPS) is 10.3.